The number of hydrogen-bond donors (Lipinski definition) is 1. The predicted molar refractivity (Wildman–Crippen MR) is 61.8 cm³/mol. The van der Waals surface area contributed by atoms with Crippen LogP contribution in [-0.4, -0.2) is 18.8 Å². The highest BCUT2D eigenvalue weighted by Crippen LogP contribution is 2.14. The van der Waals surface area contributed by atoms with E-state index in [0.29, 0.717) is 18.2 Å². The molecule has 1 saturated heterocycles. The Morgan fingerprint density at radius 3 is 3.00 bits per heavy atom. The Bertz CT molecular complexity index is 442. The smallest absolute Gasteiger partial charge is 0.124 e. The van der Waals surface area contributed by atoms with Crippen molar-refractivity contribution >= 4 is 0 Å². The molecule has 1 aromatic carbocycles. The molecule has 1 fully saturated rings. The number of hydrogen-bond acceptors (Lipinski definition) is 3. The molecule has 0 spiro atoms. The molecule has 0 amide bonds. The van der Waals surface area contributed by atoms with Crippen molar-refractivity contribution in [2.75, 3.05) is 6.61 Å². The molecule has 1 aromatic rings. The van der Waals surface area contributed by atoms with E-state index in [2.05, 4.69) is 5.32 Å². The van der Waals surface area contributed by atoms with E-state index in [1.165, 1.54) is 12.1 Å². The fraction of sp³-hybridized carbons (Fsp3) is 0.462. The lowest BCUT2D eigenvalue weighted by molar-refractivity contribution is 0.113. The molecule has 1 heterocycles. The third kappa shape index (κ3) is 3.02. The zero-order chi connectivity index (χ0) is 12.3. The lowest BCUT2D eigenvalue weighted by Crippen LogP contribution is -2.34. The number of nitriles is 1. The number of rotatable bonds is 3. The molecular weight excluding hydrogens is 219 g/mol. The quantitative estimate of drug-likeness (QED) is 0.869. The van der Waals surface area contributed by atoms with Gasteiger partial charge in [-0.2, -0.15) is 5.26 Å². The van der Waals surface area contributed by atoms with Gasteiger partial charge in [-0.25, -0.2) is 4.39 Å². The van der Waals surface area contributed by atoms with Crippen molar-refractivity contribution in [3.63, 3.8) is 0 Å². The minimum Gasteiger partial charge on any atom is -0.377 e. The second kappa shape index (κ2) is 5.26. The maximum absolute atomic E-state index is 13.2. The highest BCUT2D eigenvalue weighted by atomic mass is 19.1. The topological polar surface area (TPSA) is 45.0 Å². The standard InChI is InChI=1S/C13H15FN2O/c1-9-13(2-3-17-9)16-8-11-4-10(7-15)5-12(14)6-11/h4-6,9,13,16H,2-3,8H2,1H3. The van der Waals surface area contributed by atoms with Crippen LogP contribution in [0.1, 0.15) is 24.5 Å². The van der Waals surface area contributed by atoms with E-state index in [1.807, 2.05) is 13.0 Å². The number of ether oxygens (including phenoxy) is 1. The molecular formula is C13H15FN2O. The fourth-order valence-electron chi connectivity index (χ4n) is 2.07. The van der Waals surface area contributed by atoms with Crippen LogP contribution >= 0.6 is 0 Å². The molecule has 17 heavy (non-hydrogen) atoms. The highest BCUT2D eigenvalue weighted by Gasteiger charge is 2.23. The monoisotopic (exact) mass is 234 g/mol. The SMILES string of the molecule is CC1OCCC1NCc1cc(F)cc(C#N)c1. The summed E-state index contributed by atoms with van der Waals surface area (Å²) in [6, 6.07) is 6.66. The summed E-state index contributed by atoms with van der Waals surface area (Å²) in [4.78, 5) is 0. The van der Waals surface area contributed by atoms with E-state index in [-0.39, 0.29) is 11.9 Å². The Hall–Kier alpha value is -1.44. The third-order valence-electron chi connectivity index (χ3n) is 3.03. The first kappa shape index (κ1) is 12.0. The lowest BCUT2D eigenvalue weighted by atomic mass is 10.1. The summed E-state index contributed by atoms with van der Waals surface area (Å²) in [5.41, 5.74) is 1.15. The summed E-state index contributed by atoms with van der Waals surface area (Å²) < 4.78 is 18.6. The lowest BCUT2D eigenvalue weighted by Gasteiger charge is -2.16. The van der Waals surface area contributed by atoms with Gasteiger partial charge in [-0.15, -0.1) is 0 Å². The average Bonchev–Trinajstić information content (AvgIpc) is 2.71. The van der Waals surface area contributed by atoms with E-state index in [0.717, 1.165) is 18.6 Å². The average molecular weight is 234 g/mol. The zero-order valence-corrected chi connectivity index (χ0v) is 9.74. The third-order valence-corrected chi connectivity index (χ3v) is 3.03. The molecule has 90 valence electrons. The number of nitrogens with one attached hydrogen (secondary N) is 1. The minimum absolute atomic E-state index is 0.194. The number of nitrogens with zero attached hydrogens (tertiary/aromatic N) is 1. The molecule has 4 heteroatoms. The summed E-state index contributed by atoms with van der Waals surface area (Å²) in [6.07, 6.45) is 1.17. The molecule has 3 nitrogen and oxygen atoms in total. The van der Waals surface area contributed by atoms with Crippen LogP contribution in [0.5, 0.6) is 0 Å². The minimum atomic E-state index is -0.364. The van der Waals surface area contributed by atoms with Crippen LogP contribution in [0.3, 0.4) is 0 Å². The van der Waals surface area contributed by atoms with Crippen molar-refractivity contribution in [2.24, 2.45) is 0 Å². The molecule has 2 atom stereocenters. The summed E-state index contributed by atoms with van der Waals surface area (Å²) in [6.45, 7) is 3.35. The Morgan fingerprint density at radius 2 is 2.35 bits per heavy atom. The van der Waals surface area contributed by atoms with Gasteiger partial charge in [-0.1, -0.05) is 0 Å². The van der Waals surface area contributed by atoms with Crippen molar-refractivity contribution in [1.82, 2.24) is 5.32 Å². The van der Waals surface area contributed by atoms with Gasteiger partial charge in [0.25, 0.3) is 0 Å². The first-order valence-corrected chi connectivity index (χ1v) is 5.73. The zero-order valence-electron chi connectivity index (χ0n) is 9.74. The maximum Gasteiger partial charge on any atom is 0.124 e. The highest BCUT2D eigenvalue weighted by molar-refractivity contribution is 5.33. The van der Waals surface area contributed by atoms with Crippen LogP contribution in [0.4, 0.5) is 4.39 Å². The fourth-order valence-corrected chi connectivity index (χ4v) is 2.07. The summed E-state index contributed by atoms with van der Waals surface area (Å²) in [7, 11) is 0. The molecule has 0 aromatic heterocycles. The van der Waals surface area contributed by atoms with Crippen molar-refractivity contribution in [1.29, 1.82) is 5.26 Å². The summed E-state index contributed by atoms with van der Waals surface area (Å²) in [5, 5.41) is 12.1. The molecule has 0 saturated carbocycles. The van der Waals surface area contributed by atoms with Gasteiger partial charge in [0.1, 0.15) is 5.82 Å². The van der Waals surface area contributed by atoms with E-state index in [1.54, 1.807) is 6.07 Å². The van der Waals surface area contributed by atoms with Gasteiger partial charge in [0, 0.05) is 19.2 Å². The Balaban J connectivity index is 1.99. The summed E-state index contributed by atoms with van der Waals surface area (Å²) >= 11 is 0. The van der Waals surface area contributed by atoms with Crippen molar-refractivity contribution in [2.45, 2.75) is 32.0 Å². The maximum atomic E-state index is 13.2. The van der Waals surface area contributed by atoms with Gasteiger partial charge in [-0.05, 0) is 37.1 Å². The van der Waals surface area contributed by atoms with Gasteiger partial charge >= 0.3 is 0 Å². The van der Waals surface area contributed by atoms with Crippen LogP contribution in [-0.2, 0) is 11.3 Å². The van der Waals surface area contributed by atoms with Crippen LogP contribution in [0.25, 0.3) is 0 Å². The van der Waals surface area contributed by atoms with Gasteiger partial charge in [0.15, 0.2) is 0 Å². The molecule has 1 aliphatic heterocycles. The van der Waals surface area contributed by atoms with E-state index in [4.69, 9.17) is 10.00 Å². The Kier molecular flexibility index (Phi) is 3.72. The largest absolute Gasteiger partial charge is 0.377 e. The molecule has 2 unspecified atom stereocenters. The molecule has 0 aliphatic carbocycles. The van der Waals surface area contributed by atoms with Gasteiger partial charge < -0.3 is 10.1 Å². The molecule has 1 N–H and O–H groups in total. The van der Waals surface area contributed by atoms with Gasteiger partial charge in [0.2, 0.25) is 0 Å². The summed E-state index contributed by atoms with van der Waals surface area (Å²) in [5.74, 6) is -0.364. The molecule has 1 aliphatic rings. The van der Waals surface area contributed by atoms with Crippen LogP contribution in [0.15, 0.2) is 18.2 Å². The molecule has 0 bridgehead atoms. The molecule has 2 rings (SSSR count). The van der Waals surface area contributed by atoms with Gasteiger partial charge in [-0.3, -0.25) is 0 Å². The number of benzene rings is 1. The molecule has 0 radical (unpaired) electrons. The van der Waals surface area contributed by atoms with Crippen LogP contribution < -0.4 is 5.32 Å². The second-order valence-corrected chi connectivity index (χ2v) is 4.31. The van der Waals surface area contributed by atoms with Crippen LogP contribution in [0.2, 0.25) is 0 Å². The van der Waals surface area contributed by atoms with Crippen LogP contribution in [0, 0.1) is 17.1 Å². The Morgan fingerprint density at radius 1 is 1.53 bits per heavy atom. The normalized spacial score (nSPS) is 23.6. The first-order chi connectivity index (χ1) is 8.19. The van der Waals surface area contributed by atoms with Crippen molar-refractivity contribution < 1.29 is 9.13 Å². The second-order valence-electron chi connectivity index (χ2n) is 4.31. The van der Waals surface area contributed by atoms with E-state index < -0.39 is 0 Å². The van der Waals surface area contributed by atoms with Crippen molar-refractivity contribution in [3.05, 3.63) is 35.1 Å². The van der Waals surface area contributed by atoms with Crippen molar-refractivity contribution in [3.8, 4) is 6.07 Å². The predicted octanol–water partition coefficient (Wildman–Crippen LogP) is 1.96. The van der Waals surface area contributed by atoms with Gasteiger partial charge in [0.05, 0.1) is 17.7 Å². The first-order valence-electron chi connectivity index (χ1n) is 5.73. The van der Waals surface area contributed by atoms with E-state index >= 15 is 0 Å². The number of halogens is 1. The Labute approximate surface area is 100 Å². The van der Waals surface area contributed by atoms with E-state index in [9.17, 15) is 4.39 Å².